The van der Waals surface area contributed by atoms with Crippen molar-refractivity contribution in [3.05, 3.63) is 90.2 Å². The lowest BCUT2D eigenvalue weighted by molar-refractivity contribution is -0.114. The third-order valence-electron chi connectivity index (χ3n) is 4.61. The number of nitrogens with zero attached hydrogens (tertiary/aromatic N) is 1. The Balaban J connectivity index is 1.93. The summed E-state index contributed by atoms with van der Waals surface area (Å²) in [7, 11) is -4.25. The van der Waals surface area contributed by atoms with Gasteiger partial charge in [0.15, 0.2) is 0 Å². The third-order valence-corrected chi connectivity index (χ3v) is 6.38. The highest BCUT2D eigenvalue weighted by atomic mass is 32.2. The lowest BCUT2D eigenvalue weighted by atomic mass is 10.1. The summed E-state index contributed by atoms with van der Waals surface area (Å²) in [5.41, 5.74) is 0.177. The Bertz CT molecular complexity index is 1250. The van der Waals surface area contributed by atoms with Gasteiger partial charge in [0.25, 0.3) is 15.9 Å². The minimum absolute atomic E-state index is 0.0854. The lowest BCUT2D eigenvalue weighted by Gasteiger charge is -2.24. The number of para-hydroxylation sites is 2. The van der Waals surface area contributed by atoms with Crippen molar-refractivity contribution in [1.82, 2.24) is 5.32 Å². The van der Waals surface area contributed by atoms with Crippen LogP contribution in [0.2, 0.25) is 0 Å². The zero-order valence-electron chi connectivity index (χ0n) is 18.2. The molecule has 0 atom stereocenters. The molecule has 0 saturated heterocycles. The molecule has 0 aliphatic heterocycles. The summed E-state index contributed by atoms with van der Waals surface area (Å²) in [6, 6.07) is 19.0. The first kappa shape index (κ1) is 23.9. The minimum Gasteiger partial charge on any atom is -0.350 e. The summed E-state index contributed by atoms with van der Waals surface area (Å²) >= 11 is 0. The Hall–Kier alpha value is -3.72. The fourth-order valence-corrected chi connectivity index (χ4v) is 4.57. The second kappa shape index (κ2) is 10.3. The fraction of sp³-hybridized carbons (Fsp3) is 0.167. The number of hydrogen-bond donors (Lipinski definition) is 2. The first-order valence-electron chi connectivity index (χ1n) is 10.2. The van der Waals surface area contributed by atoms with Gasteiger partial charge in [-0.05, 0) is 50.2 Å². The van der Waals surface area contributed by atoms with Gasteiger partial charge in [-0.25, -0.2) is 12.8 Å². The number of halogens is 1. The number of hydrogen-bond acceptors (Lipinski definition) is 4. The van der Waals surface area contributed by atoms with Gasteiger partial charge in [0.1, 0.15) is 12.4 Å². The Morgan fingerprint density at radius 3 is 2.18 bits per heavy atom. The zero-order chi connectivity index (χ0) is 24.0. The van der Waals surface area contributed by atoms with Gasteiger partial charge in [0.05, 0.1) is 21.8 Å². The van der Waals surface area contributed by atoms with E-state index < -0.39 is 28.3 Å². The molecule has 0 unspecified atom stereocenters. The second-order valence-electron chi connectivity index (χ2n) is 7.50. The fourth-order valence-electron chi connectivity index (χ4n) is 3.12. The predicted octanol–water partition coefficient (Wildman–Crippen LogP) is 3.80. The molecule has 172 valence electrons. The number of carbonyl (C=O) groups excluding carboxylic acids is 2. The van der Waals surface area contributed by atoms with Gasteiger partial charge in [-0.1, -0.05) is 42.5 Å². The number of carbonyl (C=O) groups is 2. The molecule has 2 amide bonds. The number of nitrogens with one attached hydrogen (secondary N) is 2. The Labute approximate surface area is 192 Å². The third kappa shape index (κ3) is 5.75. The number of anilines is 2. The van der Waals surface area contributed by atoms with Crippen LogP contribution in [0.3, 0.4) is 0 Å². The van der Waals surface area contributed by atoms with Crippen LogP contribution in [-0.2, 0) is 14.8 Å². The van der Waals surface area contributed by atoms with E-state index in [2.05, 4.69) is 10.6 Å². The molecule has 0 fully saturated rings. The summed E-state index contributed by atoms with van der Waals surface area (Å²) in [6.07, 6.45) is 0. The van der Waals surface area contributed by atoms with E-state index >= 15 is 0 Å². The molecule has 0 spiro atoms. The molecule has 2 N–H and O–H groups in total. The van der Waals surface area contributed by atoms with E-state index in [0.717, 1.165) is 6.07 Å². The van der Waals surface area contributed by atoms with Crippen LogP contribution < -0.4 is 14.9 Å². The number of benzene rings is 3. The van der Waals surface area contributed by atoms with Crippen LogP contribution in [0.15, 0.2) is 83.8 Å². The Morgan fingerprint density at radius 2 is 1.52 bits per heavy atom. The molecule has 3 aromatic rings. The van der Waals surface area contributed by atoms with Crippen molar-refractivity contribution in [2.24, 2.45) is 0 Å². The first-order chi connectivity index (χ1) is 15.7. The van der Waals surface area contributed by atoms with Gasteiger partial charge in [-0.2, -0.15) is 0 Å². The molecule has 33 heavy (non-hydrogen) atoms. The lowest BCUT2D eigenvalue weighted by Crippen LogP contribution is -2.39. The van der Waals surface area contributed by atoms with Crippen molar-refractivity contribution in [2.45, 2.75) is 24.8 Å². The maximum Gasteiger partial charge on any atom is 0.264 e. The largest absolute Gasteiger partial charge is 0.350 e. The summed E-state index contributed by atoms with van der Waals surface area (Å²) in [4.78, 5) is 25.3. The second-order valence-corrected chi connectivity index (χ2v) is 9.36. The molecule has 0 radical (unpaired) electrons. The predicted molar refractivity (Wildman–Crippen MR) is 125 cm³/mol. The molecule has 0 bridgehead atoms. The minimum atomic E-state index is -4.25. The molecule has 0 aromatic heterocycles. The van der Waals surface area contributed by atoms with E-state index in [1.807, 2.05) is 0 Å². The van der Waals surface area contributed by atoms with Gasteiger partial charge in [0.2, 0.25) is 5.91 Å². The quantitative estimate of drug-likeness (QED) is 0.525. The molecule has 3 aromatic carbocycles. The van der Waals surface area contributed by atoms with E-state index in [1.165, 1.54) is 48.5 Å². The van der Waals surface area contributed by atoms with E-state index in [4.69, 9.17) is 0 Å². The maximum absolute atomic E-state index is 14.6. The summed E-state index contributed by atoms with van der Waals surface area (Å²) < 4.78 is 41.8. The van der Waals surface area contributed by atoms with Crippen LogP contribution in [0.4, 0.5) is 15.8 Å². The van der Waals surface area contributed by atoms with Crippen LogP contribution in [0.1, 0.15) is 24.2 Å². The van der Waals surface area contributed by atoms with Crippen LogP contribution in [-0.4, -0.2) is 32.8 Å². The van der Waals surface area contributed by atoms with Crippen molar-refractivity contribution < 1.29 is 22.4 Å². The topological polar surface area (TPSA) is 95.6 Å². The average Bonchev–Trinajstić information content (AvgIpc) is 2.78. The van der Waals surface area contributed by atoms with Gasteiger partial charge in [0, 0.05) is 6.04 Å². The smallest absolute Gasteiger partial charge is 0.264 e. The number of rotatable bonds is 8. The molecule has 0 aliphatic carbocycles. The van der Waals surface area contributed by atoms with E-state index in [1.54, 1.807) is 38.1 Å². The van der Waals surface area contributed by atoms with Gasteiger partial charge in [-0.3, -0.25) is 13.9 Å². The molecule has 0 saturated carbocycles. The molecule has 0 aliphatic rings. The first-order valence-corrected chi connectivity index (χ1v) is 11.7. The van der Waals surface area contributed by atoms with E-state index in [0.29, 0.717) is 4.31 Å². The van der Waals surface area contributed by atoms with Crippen molar-refractivity contribution >= 4 is 33.2 Å². The van der Waals surface area contributed by atoms with Crippen LogP contribution in [0.5, 0.6) is 0 Å². The molecular weight excluding hydrogens is 445 g/mol. The maximum atomic E-state index is 14.6. The summed E-state index contributed by atoms with van der Waals surface area (Å²) in [6.45, 7) is 2.91. The highest BCUT2D eigenvalue weighted by Gasteiger charge is 2.29. The number of sulfonamides is 1. The van der Waals surface area contributed by atoms with E-state index in [-0.39, 0.29) is 33.8 Å². The van der Waals surface area contributed by atoms with Crippen LogP contribution >= 0.6 is 0 Å². The van der Waals surface area contributed by atoms with Crippen molar-refractivity contribution in [2.75, 3.05) is 16.2 Å². The molecular formula is C24H24FN3O4S. The molecule has 0 heterocycles. The van der Waals surface area contributed by atoms with Crippen LogP contribution in [0, 0.1) is 5.82 Å². The summed E-state index contributed by atoms with van der Waals surface area (Å²) in [5.74, 6) is -1.91. The zero-order valence-corrected chi connectivity index (χ0v) is 19.0. The molecule has 9 heteroatoms. The highest BCUT2D eigenvalue weighted by molar-refractivity contribution is 7.92. The van der Waals surface area contributed by atoms with E-state index in [9.17, 15) is 22.4 Å². The Morgan fingerprint density at radius 1 is 0.909 bits per heavy atom. The van der Waals surface area contributed by atoms with Gasteiger partial charge >= 0.3 is 0 Å². The normalized spacial score (nSPS) is 11.2. The molecule has 3 rings (SSSR count). The monoisotopic (exact) mass is 469 g/mol. The van der Waals surface area contributed by atoms with Crippen molar-refractivity contribution in [1.29, 1.82) is 0 Å². The van der Waals surface area contributed by atoms with Crippen molar-refractivity contribution in [3.8, 4) is 0 Å². The van der Waals surface area contributed by atoms with Crippen molar-refractivity contribution in [3.63, 3.8) is 0 Å². The SMILES string of the molecule is CC(C)NC(=O)c1ccccc1NC(=O)CN(c1ccccc1F)S(=O)(=O)c1ccccc1. The highest BCUT2D eigenvalue weighted by Crippen LogP contribution is 2.26. The Kier molecular flexibility index (Phi) is 7.44. The van der Waals surface area contributed by atoms with Gasteiger partial charge < -0.3 is 10.6 Å². The standard InChI is InChI=1S/C24H24FN3O4S/c1-17(2)26-24(30)19-12-6-8-14-21(19)27-23(29)16-28(22-15-9-7-13-20(22)25)33(31,32)18-10-4-3-5-11-18/h3-15,17H,16H2,1-2H3,(H,26,30)(H,27,29). The average molecular weight is 470 g/mol. The van der Waals surface area contributed by atoms with Crippen LogP contribution in [0.25, 0.3) is 0 Å². The number of amides is 2. The molecule has 7 nitrogen and oxygen atoms in total. The van der Waals surface area contributed by atoms with Gasteiger partial charge in [-0.15, -0.1) is 0 Å². The summed E-state index contributed by atoms with van der Waals surface area (Å²) in [5, 5.41) is 5.33.